The molecule has 1 aliphatic rings. The van der Waals surface area contributed by atoms with Crippen LogP contribution in [0.5, 0.6) is 11.5 Å². The van der Waals surface area contributed by atoms with Crippen LogP contribution in [0.2, 0.25) is 0 Å². The van der Waals surface area contributed by atoms with Crippen molar-refractivity contribution in [1.29, 1.82) is 0 Å². The number of alkyl halides is 3. The molecule has 0 saturated heterocycles. The molecule has 0 unspecified atom stereocenters. The van der Waals surface area contributed by atoms with Crippen molar-refractivity contribution in [1.82, 2.24) is 9.99 Å². The van der Waals surface area contributed by atoms with Gasteiger partial charge in [0, 0.05) is 23.4 Å². The Morgan fingerprint density at radius 3 is 2.43 bits per heavy atom. The van der Waals surface area contributed by atoms with E-state index >= 15 is 0 Å². The quantitative estimate of drug-likeness (QED) is 0.449. The van der Waals surface area contributed by atoms with Gasteiger partial charge in [0.05, 0.1) is 23.5 Å². The zero-order valence-electron chi connectivity index (χ0n) is 20.2. The first-order chi connectivity index (χ1) is 17.5. The van der Waals surface area contributed by atoms with Gasteiger partial charge in [0.1, 0.15) is 4.88 Å². The van der Waals surface area contributed by atoms with Gasteiger partial charge in [-0.05, 0) is 69.2 Å². The number of benzene rings is 2. The maximum Gasteiger partial charge on any atom is 0.573 e. The Kier molecular flexibility index (Phi) is 7.48. The molecule has 1 aliphatic heterocycles. The van der Waals surface area contributed by atoms with E-state index in [0.717, 1.165) is 5.01 Å². The van der Waals surface area contributed by atoms with Crippen molar-refractivity contribution in [3.8, 4) is 11.5 Å². The second kappa shape index (κ2) is 10.6. The lowest BCUT2D eigenvalue weighted by Crippen LogP contribution is -2.32. The molecule has 0 fully saturated rings. The van der Waals surface area contributed by atoms with Crippen LogP contribution in [0.4, 0.5) is 18.9 Å². The summed E-state index contributed by atoms with van der Waals surface area (Å²) in [5.74, 6) is -1.21. The predicted molar refractivity (Wildman–Crippen MR) is 132 cm³/mol. The summed E-state index contributed by atoms with van der Waals surface area (Å²) < 4.78 is 47.5. The molecule has 0 aliphatic carbocycles. The standard InChI is InChI=1S/C25H23F3N4O4S/c1-14-22(37-15(2)29-14)23(33)30-18-9-6-16(7-10-18)24(34)32-12-4-5-19(31-32)17-8-11-20(35-3)21(13-17)36-25(26,27)28/h6-11,13H,4-5,12H2,1-3H3,(H,30,33). The van der Waals surface area contributed by atoms with Crippen molar-refractivity contribution in [3.63, 3.8) is 0 Å². The maximum absolute atomic E-state index is 13.1. The van der Waals surface area contributed by atoms with Gasteiger partial charge in [0.15, 0.2) is 11.5 Å². The van der Waals surface area contributed by atoms with E-state index in [4.69, 9.17) is 4.74 Å². The number of nitrogens with one attached hydrogen (secondary N) is 1. The zero-order valence-corrected chi connectivity index (χ0v) is 21.0. The Balaban J connectivity index is 1.49. The van der Waals surface area contributed by atoms with Crippen molar-refractivity contribution >= 4 is 34.6 Å². The van der Waals surface area contributed by atoms with Crippen molar-refractivity contribution in [2.75, 3.05) is 19.0 Å². The number of amides is 2. The Morgan fingerprint density at radius 2 is 1.81 bits per heavy atom. The number of thiazole rings is 1. The molecular weight excluding hydrogens is 509 g/mol. The summed E-state index contributed by atoms with van der Waals surface area (Å²) in [7, 11) is 1.24. The van der Waals surface area contributed by atoms with Crippen molar-refractivity contribution in [2.45, 2.75) is 33.1 Å². The molecule has 1 N–H and O–H groups in total. The molecule has 0 spiro atoms. The molecule has 0 radical (unpaired) electrons. The van der Waals surface area contributed by atoms with Gasteiger partial charge in [0.2, 0.25) is 0 Å². The second-order valence-corrected chi connectivity index (χ2v) is 9.37. The molecule has 0 bridgehead atoms. The molecule has 3 aromatic rings. The third-order valence-corrected chi connectivity index (χ3v) is 6.55. The number of aryl methyl sites for hydroxylation is 2. The molecule has 37 heavy (non-hydrogen) atoms. The fourth-order valence-corrected chi connectivity index (χ4v) is 4.64. The number of carbonyl (C=O) groups is 2. The predicted octanol–water partition coefficient (Wildman–Crippen LogP) is 5.56. The van der Waals surface area contributed by atoms with E-state index in [-0.39, 0.29) is 17.6 Å². The third kappa shape index (κ3) is 6.26. The normalized spacial score (nSPS) is 13.7. The Bertz CT molecular complexity index is 1350. The van der Waals surface area contributed by atoms with Crippen LogP contribution in [0.25, 0.3) is 0 Å². The van der Waals surface area contributed by atoms with Gasteiger partial charge in [-0.1, -0.05) is 0 Å². The largest absolute Gasteiger partial charge is 0.573 e. The minimum absolute atomic E-state index is 0.0711. The van der Waals surface area contributed by atoms with Crippen LogP contribution in [0, 0.1) is 13.8 Å². The minimum Gasteiger partial charge on any atom is -0.493 e. The van der Waals surface area contributed by atoms with Gasteiger partial charge in [-0.25, -0.2) is 9.99 Å². The highest BCUT2D eigenvalue weighted by atomic mass is 32.1. The van der Waals surface area contributed by atoms with Crippen LogP contribution >= 0.6 is 11.3 Å². The first-order valence-corrected chi connectivity index (χ1v) is 12.0. The fourth-order valence-electron chi connectivity index (χ4n) is 3.83. The van der Waals surface area contributed by atoms with Crippen LogP contribution in [-0.2, 0) is 0 Å². The molecule has 4 rings (SSSR count). The number of aromatic nitrogens is 1. The SMILES string of the molecule is COc1ccc(C2=NN(C(=O)c3ccc(NC(=O)c4sc(C)nc4C)cc3)CCC2)cc1OC(F)(F)F. The molecule has 2 heterocycles. The van der Waals surface area contributed by atoms with Gasteiger partial charge < -0.3 is 14.8 Å². The highest BCUT2D eigenvalue weighted by Crippen LogP contribution is 2.34. The minimum atomic E-state index is -4.88. The van der Waals surface area contributed by atoms with E-state index in [2.05, 4.69) is 20.1 Å². The maximum atomic E-state index is 13.1. The number of rotatable bonds is 6. The highest BCUT2D eigenvalue weighted by molar-refractivity contribution is 7.13. The van der Waals surface area contributed by atoms with E-state index in [1.807, 2.05) is 6.92 Å². The number of hydrazone groups is 1. The number of hydrogen-bond acceptors (Lipinski definition) is 7. The Labute approximate surface area is 214 Å². The molecule has 0 atom stereocenters. The van der Waals surface area contributed by atoms with Crippen LogP contribution in [0.1, 0.15) is 49.1 Å². The van der Waals surface area contributed by atoms with E-state index in [0.29, 0.717) is 52.5 Å². The zero-order chi connectivity index (χ0) is 26.7. The van der Waals surface area contributed by atoms with Gasteiger partial charge in [-0.15, -0.1) is 24.5 Å². The molecule has 0 saturated carbocycles. The van der Waals surface area contributed by atoms with Crippen LogP contribution < -0.4 is 14.8 Å². The van der Waals surface area contributed by atoms with Crippen LogP contribution in [0.15, 0.2) is 47.6 Å². The summed E-state index contributed by atoms with van der Waals surface area (Å²) in [4.78, 5) is 30.4. The molecule has 2 aromatic carbocycles. The second-order valence-electron chi connectivity index (χ2n) is 8.17. The molecular formula is C25H23F3N4O4S. The van der Waals surface area contributed by atoms with E-state index in [1.165, 1.54) is 35.6 Å². The number of nitrogens with zero attached hydrogens (tertiary/aromatic N) is 3. The van der Waals surface area contributed by atoms with Crippen LogP contribution in [-0.4, -0.2) is 47.5 Å². The van der Waals surface area contributed by atoms with E-state index in [1.54, 1.807) is 37.3 Å². The summed E-state index contributed by atoms with van der Waals surface area (Å²) in [6.45, 7) is 3.95. The summed E-state index contributed by atoms with van der Waals surface area (Å²) >= 11 is 1.30. The number of hydrogen-bond donors (Lipinski definition) is 1. The summed E-state index contributed by atoms with van der Waals surface area (Å²) in [6, 6.07) is 10.5. The van der Waals surface area contributed by atoms with E-state index in [9.17, 15) is 22.8 Å². The fraction of sp³-hybridized carbons (Fsp3) is 0.280. The number of carbonyl (C=O) groups excluding carboxylic acids is 2. The Hall–Kier alpha value is -3.93. The number of methoxy groups -OCH3 is 1. The highest BCUT2D eigenvalue weighted by Gasteiger charge is 2.33. The number of anilines is 1. The lowest BCUT2D eigenvalue weighted by molar-refractivity contribution is -0.275. The van der Waals surface area contributed by atoms with Gasteiger partial charge in [-0.3, -0.25) is 9.59 Å². The monoisotopic (exact) mass is 532 g/mol. The third-order valence-electron chi connectivity index (χ3n) is 5.48. The number of ether oxygens (including phenoxy) is 2. The molecule has 1 aromatic heterocycles. The summed E-state index contributed by atoms with van der Waals surface area (Å²) in [6.07, 6.45) is -3.83. The lowest BCUT2D eigenvalue weighted by atomic mass is 10.0. The first-order valence-electron chi connectivity index (χ1n) is 11.2. The van der Waals surface area contributed by atoms with Gasteiger partial charge in [0.25, 0.3) is 11.8 Å². The molecule has 12 heteroatoms. The summed E-state index contributed by atoms with van der Waals surface area (Å²) in [5, 5.41) is 9.26. The van der Waals surface area contributed by atoms with Crippen molar-refractivity contribution in [3.05, 3.63) is 69.2 Å². The average molecular weight is 533 g/mol. The number of halogens is 3. The smallest absolute Gasteiger partial charge is 0.493 e. The lowest BCUT2D eigenvalue weighted by Gasteiger charge is -2.24. The summed E-state index contributed by atoms with van der Waals surface area (Å²) in [5.41, 5.74) is 2.37. The Morgan fingerprint density at radius 1 is 1.08 bits per heavy atom. The van der Waals surface area contributed by atoms with E-state index < -0.39 is 12.1 Å². The van der Waals surface area contributed by atoms with Crippen molar-refractivity contribution < 1.29 is 32.2 Å². The van der Waals surface area contributed by atoms with Crippen LogP contribution in [0.3, 0.4) is 0 Å². The topological polar surface area (TPSA) is 93.1 Å². The molecule has 2 amide bonds. The molecule has 194 valence electrons. The van der Waals surface area contributed by atoms with Crippen molar-refractivity contribution in [2.24, 2.45) is 5.10 Å². The van der Waals surface area contributed by atoms with Gasteiger partial charge in [-0.2, -0.15) is 5.10 Å². The molecule has 8 nitrogen and oxygen atoms in total. The van der Waals surface area contributed by atoms with Gasteiger partial charge >= 0.3 is 6.36 Å². The average Bonchev–Trinajstić information content (AvgIpc) is 3.21. The first kappa shape index (κ1) is 26.1.